The Bertz CT molecular complexity index is 985. The van der Waals surface area contributed by atoms with E-state index in [2.05, 4.69) is 20.5 Å². The maximum Gasteiger partial charge on any atom is 0.331 e. The molecular formula is C16H18N6O3. The summed E-state index contributed by atoms with van der Waals surface area (Å²) in [5, 5.41) is 21.0. The molecule has 3 rings (SSSR count). The van der Waals surface area contributed by atoms with Crippen molar-refractivity contribution in [1.29, 1.82) is 0 Å². The second-order valence-corrected chi connectivity index (χ2v) is 6.30. The van der Waals surface area contributed by atoms with Crippen LogP contribution in [-0.4, -0.2) is 41.5 Å². The van der Waals surface area contributed by atoms with Crippen LogP contribution < -0.4 is 5.32 Å². The van der Waals surface area contributed by atoms with Gasteiger partial charge in [-0.25, -0.2) is 9.78 Å². The lowest BCUT2D eigenvalue weighted by Gasteiger charge is -2.19. The van der Waals surface area contributed by atoms with E-state index in [4.69, 9.17) is 0 Å². The molecule has 2 N–H and O–H groups in total. The predicted octanol–water partition coefficient (Wildman–Crippen LogP) is 1.55. The number of rotatable bonds is 4. The summed E-state index contributed by atoms with van der Waals surface area (Å²) in [6.45, 7) is 4.90. The Kier molecular flexibility index (Phi) is 3.78. The molecule has 9 nitrogen and oxygen atoms in total. The maximum atomic E-state index is 12.4. The summed E-state index contributed by atoms with van der Waals surface area (Å²) in [5.74, 6) is -1.37. The number of pyridine rings is 1. The molecule has 0 aliphatic heterocycles. The van der Waals surface area contributed by atoms with Crippen molar-refractivity contribution in [3.05, 3.63) is 35.9 Å². The van der Waals surface area contributed by atoms with Crippen molar-refractivity contribution in [2.45, 2.75) is 26.3 Å². The number of nitrogens with zero attached hydrogens (tertiary/aromatic N) is 5. The van der Waals surface area contributed by atoms with Gasteiger partial charge in [-0.2, -0.15) is 10.2 Å². The number of carboxylic acid groups (broad SMARTS) is 1. The molecule has 0 radical (unpaired) electrons. The van der Waals surface area contributed by atoms with Crippen LogP contribution in [0, 0.1) is 6.92 Å². The molecule has 0 aliphatic carbocycles. The van der Waals surface area contributed by atoms with Gasteiger partial charge in [0.2, 0.25) is 0 Å². The minimum atomic E-state index is -1.21. The van der Waals surface area contributed by atoms with Crippen LogP contribution in [0.15, 0.2) is 24.7 Å². The van der Waals surface area contributed by atoms with Crippen molar-refractivity contribution in [2.75, 3.05) is 5.32 Å². The lowest BCUT2D eigenvalue weighted by atomic mass is 10.1. The maximum absolute atomic E-state index is 12.4. The van der Waals surface area contributed by atoms with Gasteiger partial charge in [0.05, 0.1) is 23.1 Å². The fourth-order valence-corrected chi connectivity index (χ4v) is 2.43. The molecule has 1 amide bonds. The van der Waals surface area contributed by atoms with E-state index in [9.17, 15) is 14.7 Å². The van der Waals surface area contributed by atoms with E-state index in [0.29, 0.717) is 16.9 Å². The number of aromatic nitrogens is 5. The van der Waals surface area contributed by atoms with E-state index in [1.807, 2.05) is 6.92 Å². The predicted molar refractivity (Wildman–Crippen MR) is 90.4 cm³/mol. The van der Waals surface area contributed by atoms with Gasteiger partial charge in [0.25, 0.3) is 5.91 Å². The number of anilines is 1. The van der Waals surface area contributed by atoms with Crippen molar-refractivity contribution in [3.63, 3.8) is 0 Å². The van der Waals surface area contributed by atoms with Crippen LogP contribution in [0.3, 0.4) is 0 Å². The highest BCUT2D eigenvalue weighted by molar-refractivity contribution is 6.05. The van der Waals surface area contributed by atoms with Crippen LogP contribution in [0.2, 0.25) is 0 Å². The van der Waals surface area contributed by atoms with Crippen LogP contribution in [0.4, 0.5) is 5.69 Å². The van der Waals surface area contributed by atoms with Gasteiger partial charge in [0, 0.05) is 24.8 Å². The van der Waals surface area contributed by atoms with E-state index in [1.54, 1.807) is 17.8 Å². The number of nitrogens with one attached hydrogen (secondary N) is 1. The average Bonchev–Trinajstić information content (AvgIpc) is 3.13. The Morgan fingerprint density at radius 1 is 1.28 bits per heavy atom. The number of carbonyl (C=O) groups excluding carboxylic acids is 1. The zero-order chi connectivity index (χ0) is 18.4. The number of aliphatic carboxylic acids is 1. The Hall–Kier alpha value is -3.23. The van der Waals surface area contributed by atoms with E-state index in [-0.39, 0.29) is 5.91 Å². The van der Waals surface area contributed by atoms with Crippen molar-refractivity contribution < 1.29 is 14.7 Å². The number of aryl methyl sites for hydroxylation is 2. The molecule has 0 bridgehead atoms. The van der Waals surface area contributed by atoms with Crippen LogP contribution >= 0.6 is 0 Å². The average molecular weight is 342 g/mol. The topological polar surface area (TPSA) is 115 Å². The molecule has 0 atom stereocenters. The molecule has 0 spiro atoms. The summed E-state index contributed by atoms with van der Waals surface area (Å²) in [6.07, 6.45) is 4.36. The van der Waals surface area contributed by atoms with Gasteiger partial charge in [-0.15, -0.1) is 0 Å². The first-order chi connectivity index (χ1) is 11.7. The van der Waals surface area contributed by atoms with Crippen LogP contribution in [0.1, 0.15) is 29.9 Å². The van der Waals surface area contributed by atoms with E-state index in [1.165, 1.54) is 37.1 Å². The summed E-state index contributed by atoms with van der Waals surface area (Å²) in [4.78, 5) is 28.0. The van der Waals surface area contributed by atoms with Gasteiger partial charge < -0.3 is 10.4 Å². The molecule has 0 fully saturated rings. The molecule has 0 saturated heterocycles. The van der Waals surface area contributed by atoms with Crippen LogP contribution in [0.5, 0.6) is 0 Å². The van der Waals surface area contributed by atoms with Gasteiger partial charge >= 0.3 is 5.97 Å². The first-order valence-electron chi connectivity index (χ1n) is 7.59. The largest absolute Gasteiger partial charge is 0.479 e. The van der Waals surface area contributed by atoms with Crippen molar-refractivity contribution in [1.82, 2.24) is 24.5 Å². The molecule has 0 unspecified atom stereocenters. The number of carbonyl (C=O) groups is 2. The van der Waals surface area contributed by atoms with Gasteiger partial charge in [-0.3, -0.25) is 14.2 Å². The second-order valence-electron chi connectivity index (χ2n) is 6.30. The van der Waals surface area contributed by atoms with Gasteiger partial charge in [0.1, 0.15) is 0 Å². The van der Waals surface area contributed by atoms with Crippen molar-refractivity contribution in [3.8, 4) is 0 Å². The second kappa shape index (κ2) is 5.69. The Labute approximate surface area is 143 Å². The van der Waals surface area contributed by atoms with Crippen LogP contribution in [-0.2, 0) is 17.4 Å². The third-order valence-electron chi connectivity index (χ3n) is 4.06. The minimum Gasteiger partial charge on any atom is -0.479 e. The molecule has 3 aromatic heterocycles. The van der Waals surface area contributed by atoms with Gasteiger partial charge in [-0.1, -0.05) is 0 Å². The highest BCUT2D eigenvalue weighted by atomic mass is 16.4. The zero-order valence-corrected chi connectivity index (χ0v) is 14.3. The molecule has 3 aromatic rings. The highest BCUT2D eigenvalue weighted by Gasteiger charge is 2.30. The molecular weight excluding hydrogens is 324 g/mol. The fourth-order valence-electron chi connectivity index (χ4n) is 2.43. The summed E-state index contributed by atoms with van der Waals surface area (Å²) in [6, 6.07) is 1.73. The molecule has 130 valence electrons. The number of hydrogen-bond donors (Lipinski definition) is 2. The summed E-state index contributed by atoms with van der Waals surface area (Å²) < 4.78 is 2.95. The van der Waals surface area contributed by atoms with Crippen LogP contribution in [0.25, 0.3) is 11.0 Å². The van der Waals surface area contributed by atoms with E-state index >= 15 is 0 Å². The lowest BCUT2D eigenvalue weighted by Crippen LogP contribution is -2.35. The van der Waals surface area contributed by atoms with E-state index < -0.39 is 11.5 Å². The molecule has 0 aliphatic rings. The molecule has 0 saturated carbocycles. The zero-order valence-electron chi connectivity index (χ0n) is 14.3. The van der Waals surface area contributed by atoms with Crippen molar-refractivity contribution in [2.24, 2.45) is 7.05 Å². The van der Waals surface area contributed by atoms with E-state index in [0.717, 1.165) is 11.1 Å². The van der Waals surface area contributed by atoms with Gasteiger partial charge in [-0.05, 0) is 26.8 Å². The number of fused-ring (bicyclic) bond motifs is 1. The SMILES string of the molecule is Cc1nn(C)c2ncc(C(=O)Nc3cnn(C(C)(C)C(=O)O)c3)cc12. The Morgan fingerprint density at radius 2 is 2.00 bits per heavy atom. The summed E-state index contributed by atoms with van der Waals surface area (Å²) >= 11 is 0. The Balaban J connectivity index is 1.84. The monoisotopic (exact) mass is 342 g/mol. The summed E-state index contributed by atoms with van der Waals surface area (Å²) in [7, 11) is 1.79. The quantitative estimate of drug-likeness (QED) is 0.743. The number of amides is 1. The molecule has 0 aromatic carbocycles. The third-order valence-corrected chi connectivity index (χ3v) is 4.06. The van der Waals surface area contributed by atoms with Crippen molar-refractivity contribution >= 4 is 28.6 Å². The smallest absolute Gasteiger partial charge is 0.331 e. The molecule has 3 heterocycles. The third kappa shape index (κ3) is 2.84. The first kappa shape index (κ1) is 16.6. The molecule has 25 heavy (non-hydrogen) atoms. The first-order valence-corrected chi connectivity index (χ1v) is 7.59. The lowest BCUT2D eigenvalue weighted by molar-refractivity contribution is -0.146. The number of hydrogen-bond acceptors (Lipinski definition) is 5. The Morgan fingerprint density at radius 3 is 2.68 bits per heavy atom. The molecule has 9 heteroatoms. The highest BCUT2D eigenvalue weighted by Crippen LogP contribution is 2.19. The number of carboxylic acids is 1. The fraction of sp³-hybridized carbons (Fsp3) is 0.312. The standard InChI is InChI=1S/C16H18N6O3/c1-9-12-5-10(6-17-13(12)21(4)20-9)14(23)19-11-7-18-22(8-11)16(2,3)15(24)25/h5-8H,1-4H3,(H,19,23)(H,24,25). The normalized spacial score (nSPS) is 11.7. The van der Waals surface area contributed by atoms with Gasteiger partial charge in [0.15, 0.2) is 11.2 Å². The summed E-state index contributed by atoms with van der Waals surface area (Å²) in [5.41, 5.74) is 1.06. The minimum absolute atomic E-state index is 0.356.